The molecule has 0 aliphatic carbocycles. The van der Waals surface area contributed by atoms with Gasteiger partial charge in [0, 0.05) is 13.1 Å². The minimum atomic E-state index is -0.747. The molecule has 0 spiro atoms. The number of nitrogens with one attached hydrogen (secondary N) is 2. The van der Waals surface area contributed by atoms with Crippen molar-refractivity contribution in [2.45, 2.75) is 13.0 Å². The fourth-order valence-corrected chi connectivity index (χ4v) is 2.79. The smallest absolute Gasteiger partial charge is 0.260 e. The zero-order valence-electron chi connectivity index (χ0n) is 15.3. The van der Waals surface area contributed by atoms with Crippen LogP contribution in [0.2, 0.25) is 10.0 Å². The van der Waals surface area contributed by atoms with E-state index >= 15 is 0 Å². The normalized spacial score (nSPS) is 11.4. The van der Waals surface area contributed by atoms with Gasteiger partial charge in [0.05, 0.1) is 17.2 Å². The Morgan fingerprint density at radius 2 is 1.64 bits per heavy atom. The van der Waals surface area contributed by atoms with Crippen molar-refractivity contribution in [1.82, 2.24) is 10.6 Å². The fraction of sp³-hybridized carbons (Fsp3) is 0.263. The third kappa shape index (κ3) is 5.68. The molecule has 2 amide bonds. The first-order valence-electron chi connectivity index (χ1n) is 8.37. The maximum Gasteiger partial charge on any atom is 0.260 e. The number of aromatic hydroxyl groups is 1. The van der Waals surface area contributed by atoms with Gasteiger partial charge in [-0.3, -0.25) is 9.59 Å². The summed E-state index contributed by atoms with van der Waals surface area (Å²) in [6.45, 7) is 1.95. The van der Waals surface area contributed by atoms with Crippen LogP contribution in [-0.4, -0.2) is 43.2 Å². The first kappa shape index (κ1) is 21.7. The average Bonchev–Trinajstić information content (AvgIpc) is 2.68. The SMILES string of the molecule is COc1c(Cl)ccc(Cl)c1C(=O)NCCNC(=O)C(C)Oc1ccc(O)cc1. The summed E-state index contributed by atoms with van der Waals surface area (Å²) in [5.41, 5.74) is 0.132. The van der Waals surface area contributed by atoms with Gasteiger partial charge in [-0.2, -0.15) is 0 Å². The zero-order chi connectivity index (χ0) is 20.7. The van der Waals surface area contributed by atoms with Crippen LogP contribution in [-0.2, 0) is 4.79 Å². The highest BCUT2D eigenvalue weighted by atomic mass is 35.5. The Labute approximate surface area is 172 Å². The van der Waals surface area contributed by atoms with E-state index in [0.29, 0.717) is 5.75 Å². The second kappa shape index (κ2) is 10.1. The van der Waals surface area contributed by atoms with E-state index in [-0.39, 0.29) is 46.1 Å². The molecule has 0 fully saturated rings. The van der Waals surface area contributed by atoms with Crippen LogP contribution in [0.1, 0.15) is 17.3 Å². The summed E-state index contributed by atoms with van der Waals surface area (Å²) >= 11 is 12.1. The van der Waals surface area contributed by atoms with Crippen LogP contribution in [0.15, 0.2) is 36.4 Å². The van der Waals surface area contributed by atoms with Gasteiger partial charge in [-0.1, -0.05) is 23.2 Å². The number of phenolic OH excluding ortho intramolecular Hbond substituents is 1. The number of halogens is 2. The lowest BCUT2D eigenvalue weighted by atomic mass is 10.2. The first-order chi connectivity index (χ1) is 13.3. The van der Waals surface area contributed by atoms with Crippen LogP contribution in [0.3, 0.4) is 0 Å². The number of carbonyl (C=O) groups excluding carboxylic acids is 2. The Hall–Kier alpha value is -2.64. The molecule has 1 atom stereocenters. The second-order valence-electron chi connectivity index (χ2n) is 5.74. The molecule has 3 N–H and O–H groups in total. The molecule has 0 heterocycles. The van der Waals surface area contributed by atoms with Gasteiger partial charge < -0.3 is 25.2 Å². The number of hydrogen-bond acceptors (Lipinski definition) is 5. The molecule has 0 aliphatic rings. The summed E-state index contributed by atoms with van der Waals surface area (Å²) in [4.78, 5) is 24.4. The van der Waals surface area contributed by atoms with Crippen LogP contribution in [0.5, 0.6) is 17.2 Å². The largest absolute Gasteiger partial charge is 0.508 e. The van der Waals surface area contributed by atoms with Gasteiger partial charge in [-0.05, 0) is 43.3 Å². The highest BCUT2D eigenvalue weighted by molar-refractivity contribution is 6.37. The lowest BCUT2D eigenvalue weighted by Crippen LogP contribution is -2.40. The van der Waals surface area contributed by atoms with Crippen molar-refractivity contribution >= 4 is 35.0 Å². The monoisotopic (exact) mass is 426 g/mol. The van der Waals surface area contributed by atoms with E-state index in [1.807, 2.05) is 0 Å². The molecule has 0 aromatic heterocycles. The Kier molecular flexibility index (Phi) is 7.78. The van der Waals surface area contributed by atoms with Crippen LogP contribution in [0, 0.1) is 0 Å². The highest BCUT2D eigenvalue weighted by Crippen LogP contribution is 2.33. The van der Waals surface area contributed by atoms with Crippen LogP contribution in [0.25, 0.3) is 0 Å². The Morgan fingerprint density at radius 3 is 2.29 bits per heavy atom. The van der Waals surface area contributed by atoms with E-state index in [9.17, 15) is 14.7 Å². The molecule has 2 aromatic carbocycles. The summed E-state index contributed by atoms with van der Waals surface area (Å²) in [5, 5.41) is 15.0. The predicted molar refractivity (Wildman–Crippen MR) is 107 cm³/mol. The second-order valence-corrected chi connectivity index (χ2v) is 6.55. The maximum absolute atomic E-state index is 12.4. The zero-order valence-corrected chi connectivity index (χ0v) is 16.8. The van der Waals surface area contributed by atoms with Crippen molar-refractivity contribution in [3.8, 4) is 17.2 Å². The van der Waals surface area contributed by atoms with E-state index < -0.39 is 12.0 Å². The van der Waals surface area contributed by atoms with Crippen molar-refractivity contribution in [3.63, 3.8) is 0 Å². The standard InChI is InChI=1S/C19H20Cl2N2O5/c1-11(28-13-5-3-12(24)4-6-13)18(25)22-9-10-23-19(26)16-14(20)7-8-15(21)17(16)27-2/h3-8,11,24H,9-10H2,1-2H3,(H,22,25)(H,23,26). The van der Waals surface area contributed by atoms with E-state index in [1.54, 1.807) is 19.1 Å². The summed E-state index contributed by atoms with van der Waals surface area (Å²) in [7, 11) is 1.39. The molecular weight excluding hydrogens is 407 g/mol. The molecule has 0 radical (unpaired) electrons. The molecule has 28 heavy (non-hydrogen) atoms. The maximum atomic E-state index is 12.4. The molecule has 0 bridgehead atoms. The van der Waals surface area contributed by atoms with Gasteiger partial charge in [-0.25, -0.2) is 0 Å². The Balaban J connectivity index is 1.82. The predicted octanol–water partition coefficient (Wildman–Crippen LogP) is 3.02. The summed E-state index contributed by atoms with van der Waals surface area (Å²) in [5.74, 6) is -0.0626. The van der Waals surface area contributed by atoms with E-state index in [2.05, 4.69) is 10.6 Å². The third-order valence-electron chi connectivity index (χ3n) is 3.72. The number of rotatable bonds is 8. The molecule has 2 rings (SSSR count). The van der Waals surface area contributed by atoms with Crippen LogP contribution in [0.4, 0.5) is 0 Å². The van der Waals surface area contributed by atoms with E-state index in [0.717, 1.165) is 0 Å². The number of methoxy groups -OCH3 is 1. The Morgan fingerprint density at radius 1 is 1.04 bits per heavy atom. The summed E-state index contributed by atoms with van der Waals surface area (Å²) in [6.07, 6.45) is -0.747. The topological polar surface area (TPSA) is 96.9 Å². The molecule has 150 valence electrons. The van der Waals surface area contributed by atoms with Crippen molar-refractivity contribution in [1.29, 1.82) is 0 Å². The molecule has 0 saturated carbocycles. The number of phenols is 1. The molecule has 0 saturated heterocycles. The van der Waals surface area contributed by atoms with Gasteiger partial charge in [0.15, 0.2) is 11.9 Å². The highest BCUT2D eigenvalue weighted by Gasteiger charge is 2.19. The molecule has 2 aromatic rings. The number of amides is 2. The van der Waals surface area contributed by atoms with E-state index in [1.165, 1.54) is 31.4 Å². The molecule has 7 nitrogen and oxygen atoms in total. The van der Waals surface area contributed by atoms with Crippen molar-refractivity contribution < 1.29 is 24.2 Å². The van der Waals surface area contributed by atoms with Gasteiger partial charge in [0.25, 0.3) is 11.8 Å². The van der Waals surface area contributed by atoms with Gasteiger partial charge in [0.2, 0.25) is 0 Å². The van der Waals surface area contributed by atoms with Crippen molar-refractivity contribution in [3.05, 3.63) is 52.0 Å². The Bertz CT molecular complexity index is 843. The summed E-state index contributed by atoms with van der Waals surface area (Å²) < 4.78 is 10.6. The van der Waals surface area contributed by atoms with Crippen LogP contribution >= 0.6 is 23.2 Å². The molecule has 0 aliphatic heterocycles. The number of benzene rings is 2. The van der Waals surface area contributed by atoms with Crippen LogP contribution < -0.4 is 20.1 Å². The van der Waals surface area contributed by atoms with Crippen molar-refractivity contribution in [2.75, 3.05) is 20.2 Å². The first-order valence-corrected chi connectivity index (χ1v) is 9.12. The summed E-state index contributed by atoms with van der Waals surface area (Å²) in [6, 6.07) is 9.08. The van der Waals surface area contributed by atoms with E-state index in [4.69, 9.17) is 32.7 Å². The fourth-order valence-electron chi connectivity index (χ4n) is 2.32. The van der Waals surface area contributed by atoms with Crippen molar-refractivity contribution in [2.24, 2.45) is 0 Å². The minimum Gasteiger partial charge on any atom is -0.508 e. The number of carbonyl (C=O) groups is 2. The van der Waals surface area contributed by atoms with Gasteiger partial charge in [-0.15, -0.1) is 0 Å². The average molecular weight is 427 g/mol. The number of ether oxygens (including phenoxy) is 2. The van der Waals surface area contributed by atoms with Gasteiger partial charge >= 0.3 is 0 Å². The van der Waals surface area contributed by atoms with Gasteiger partial charge in [0.1, 0.15) is 17.1 Å². The number of hydrogen-bond donors (Lipinski definition) is 3. The molecule has 1 unspecified atom stereocenters. The minimum absolute atomic E-state index is 0.108. The quantitative estimate of drug-likeness (QED) is 0.563. The third-order valence-corrected chi connectivity index (χ3v) is 4.33. The lowest BCUT2D eigenvalue weighted by Gasteiger charge is -2.15. The molecule has 9 heteroatoms. The molecular formula is C19H20Cl2N2O5. The lowest BCUT2D eigenvalue weighted by molar-refractivity contribution is -0.127.